The number of carboxylic acids is 1. The predicted molar refractivity (Wildman–Crippen MR) is 64.1 cm³/mol. The van der Waals surface area contributed by atoms with E-state index in [9.17, 15) is 14.9 Å². The second-order valence-corrected chi connectivity index (χ2v) is 4.29. The Hall–Kier alpha value is -2.16. The Balaban J connectivity index is 2.31. The number of ether oxygens (including phenoxy) is 1. The van der Waals surface area contributed by atoms with Crippen molar-refractivity contribution in [1.82, 2.24) is 9.78 Å². The van der Waals surface area contributed by atoms with Gasteiger partial charge in [-0.05, 0) is 0 Å². The first-order valence-electron chi connectivity index (χ1n) is 5.73. The Labute approximate surface area is 108 Å². The number of nitro groups is 1. The van der Waals surface area contributed by atoms with Crippen LogP contribution in [0.25, 0.3) is 0 Å². The molecule has 1 aromatic rings. The second-order valence-electron chi connectivity index (χ2n) is 4.29. The lowest BCUT2D eigenvalue weighted by Gasteiger charge is -2.34. The molecule has 0 bridgehead atoms. The molecule has 1 unspecified atom stereocenters. The van der Waals surface area contributed by atoms with E-state index in [2.05, 4.69) is 5.10 Å². The second kappa shape index (κ2) is 5.22. The molecule has 19 heavy (non-hydrogen) atoms. The van der Waals surface area contributed by atoms with Crippen LogP contribution in [0.2, 0.25) is 0 Å². The van der Waals surface area contributed by atoms with E-state index in [-0.39, 0.29) is 24.5 Å². The fourth-order valence-corrected chi connectivity index (χ4v) is 2.10. The molecule has 1 atom stereocenters. The van der Waals surface area contributed by atoms with Crippen LogP contribution < -0.4 is 4.90 Å². The van der Waals surface area contributed by atoms with Crippen molar-refractivity contribution >= 4 is 17.5 Å². The average Bonchev–Trinajstić information content (AvgIpc) is 2.71. The van der Waals surface area contributed by atoms with Crippen molar-refractivity contribution in [2.75, 3.05) is 24.7 Å². The summed E-state index contributed by atoms with van der Waals surface area (Å²) in [6.45, 7) is 1.000. The smallest absolute Gasteiger partial charge is 0.330 e. The average molecular weight is 270 g/mol. The van der Waals surface area contributed by atoms with Gasteiger partial charge in [-0.3, -0.25) is 19.6 Å². The molecule has 1 aliphatic rings. The normalized spacial score (nSPS) is 19.4. The van der Waals surface area contributed by atoms with E-state index in [1.165, 1.54) is 10.9 Å². The minimum Gasteiger partial charge on any atom is -0.481 e. The molecule has 2 rings (SSSR count). The molecule has 2 heterocycles. The molecule has 0 aromatic carbocycles. The standard InChI is InChI=1S/C10H14N4O5/c1-12-5-8(14(17)18)10(11-12)13-2-3-19-6-7(13)4-9(15)16/h5,7H,2-4,6H2,1H3,(H,15,16). The van der Waals surface area contributed by atoms with Crippen LogP contribution in [0.1, 0.15) is 6.42 Å². The number of nitrogens with zero attached hydrogens (tertiary/aromatic N) is 4. The minimum atomic E-state index is -0.973. The lowest BCUT2D eigenvalue weighted by atomic mass is 10.1. The molecule has 1 aliphatic heterocycles. The summed E-state index contributed by atoms with van der Waals surface area (Å²) < 4.78 is 6.58. The number of aryl methyl sites for hydroxylation is 1. The highest BCUT2D eigenvalue weighted by atomic mass is 16.6. The van der Waals surface area contributed by atoms with Gasteiger partial charge in [0.05, 0.1) is 30.6 Å². The lowest BCUT2D eigenvalue weighted by molar-refractivity contribution is -0.384. The van der Waals surface area contributed by atoms with E-state index in [1.807, 2.05) is 0 Å². The largest absolute Gasteiger partial charge is 0.481 e. The maximum atomic E-state index is 11.0. The van der Waals surface area contributed by atoms with Crippen molar-refractivity contribution in [3.05, 3.63) is 16.3 Å². The fourth-order valence-electron chi connectivity index (χ4n) is 2.10. The summed E-state index contributed by atoms with van der Waals surface area (Å²) in [5.74, 6) is -0.777. The van der Waals surface area contributed by atoms with E-state index in [4.69, 9.17) is 9.84 Å². The van der Waals surface area contributed by atoms with Gasteiger partial charge in [0.2, 0.25) is 5.82 Å². The summed E-state index contributed by atoms with van der Waals surface area (Å²) in [5, 5.41) is 23.9. The molecule has 9 heteroatoms. The summed E-state index contributed by atoms with van der Waals surface area (Å²) in [6, 6.07) is -0.445. The quantitative estimate of drug-likeness (QED) is 0.605. The summed E-state index contributed by atoms with van der Waals surface area (Å²) in [7, 11) is 1.59. The maximum Gasteiger partial charge on any atom is 0.330 e. The van der Waals surface area contributed by atoms with E-state index in [0.717, 1.165) is 0 Å². The summed E-state index contributed by atoms with van der Waals surface area (Å²) in [6.07, 6.45) is 1.16. The summed E-state index contributed by atoms with van der Waals surface area (Å²) in [4.78, 5) is 22.9. The Kier molecular flexibility index (Phi) is 3.65. The van der Waals surface area contributed by atoms with Gasteiger partial charge in [0, 0.05) is 13.6 Å². The highest BCUT2D eigenvalue weighted by Gasteiger charge is 2.32. The van der Waals surface area contributed by atoms with Crippen molar-refractivity contribution in [2.45, 2.75) is 12.5 Å². The molecule has 1 aromatic heterocycles. The van der Waals surface area contributed by atoms with Crippen LogP contribution in [0.15, 0.2) is 6.20 Å². The topological polar surface area (TPSA) is 111 Å². The third-order valence-corrected chi connectivity index (χ3v) is 2.90. The zero-order valence-electron chi connectivity index (χ0n) is 10.4. The number of carboxylic acid groups (broad SMARTS) is 1. The van der Waals surface area contributed by atoms with Crippen molar-refractivity contribution in [3.8, 4) is 0 Å². The Morgan fingerprint density at radius 1 is 1.74 bits per heavy atom. The first kappa shape index (κ1) is 13.3. The third kappa shape index (κ3) is 2.81. The Bertz CT molecular complexity index is 500. The van der Waals surface area contributed by atoms with Crippen LogP contribution in [0.3, 0.4) is 0 Å². The third-order valence-electron chi connectivity index (χ3n) is 2.90. The van der Waals surface area contributed by atoms with Crippen molar-refractivity contribution < 1.29 is 19.6 Å². The molecule has 0 aliphatic carbocycles. The molecule has 9 nitrogen and oxygen atoms in total. The van der Waals surface area contributed by atoms with E-state index < -0.39 is 16.9 Å². The Morgan fingerprint density at radius 2 is 2.47 bits per heavy atom. The SMILES string of the molecule is Cn1cc([N+](=O)[O-])c(N2CCOCC2CC(=O)O)n1. The first-order valence-corrected chi connectivity index (χ1v) is 5.73. The van der Waals surface area contributed by atoms with E-state index >= 15 is 0 Å². The molecule has 0 saturated carbocycles. The first-order chi connectivity index (χ1) is 8.99. The number of aliphatic carboxylic acids is 1. The monoisotopic (exact) mass is 270 g/mol. The number of hydrogen-bond donors (Lipinski definition) is 1. The fraction of sp³-hybridized carbons (Fsp3) is 0.600. The molecular formula is C10H14N4O5. The summed E-state index contributed by atoms with van der Waals surface area (Å²) >= 11 is 0. The highest BCUT2D eigenvalue weighted by molar-refractivity contribution is 5.69. The lowest BCUT2D eigenvalue weighted by Crippen LogP contribution is -2.47. The van der Waals surface area contributed by atoms with Gasteiger partial charge >= 0.3 is 11.7 Å². The van der Waals surface area contributed by atoms with E-state index in [0.29, 0.717) is 13.2 Å². The highest BCUT2D eigenvalue weighted by Crippen LogP contribution is 2.29. The molecule has 104 valence electrons. The van der Waals surface area contributed by atoms with Crippen LogP contribution >= 0.6 is 0 Å². The number of anilines is 1. The van der Waals surface area contributed by atoms with Crippen molar-refractivity contribution in [1.29, 1.82) is 0 Å². The van der Waals surface area contributed by atoms with Gasteiger partial charge in [-0.15, -0.1) is 5.10 Å². The molecular weight excluding hydrogens is 256 g/mol. The van der Waals surface area contributed by atoms with Gasteiger partial charge in [-0.25, -0.2) is 0 Å². The van der Waals surface area contributed by atoms with Gasteiger partial charge in [-0.2, -0.15) is 0 Å². The van der Waals surface area contributed by atoms with Crippen LogP contribution in [0, 0.1) is 10.1 Å². The maximum absolute atomic E-state index is 11.0. The predicted octanol–water partition coefficient (Wildman–Crippen LogP) is 0.00820. The van der Waals surface area contributed by atoms with Crippen LogP contribution in [0.4, 0.5) is 11.5 Å². The van der Waals surface area contributed by atoms with Crippen LogP contribution in [0.5, 0.6) is 0 Å². The Morgan fingerprint density at radius 3 is 3.11 bits per heavy atom. The summed E-state index contributed by atoms with van der Waals surface area (Å²) in [5.41, 5.74) is -0.125. The van der Waals surface area contributed by atoms with E-state index in [1.54, 1.807) is 11.9 Å². The van der Waals surface area contributed by atoms with Crippen LogP contribution in [-0.4, -0.2) is 51.6 Å². The molecule has 1 N–H and O–H groups in total. The van der Waals surface area contributed by atoms with Gasteiger partial charge in [0.15, 0.2) is 0 Å². The van der Waals surface area contributed by atoms with Gasteiger partial charge < -0.3 is 14.7 Å². The number of hydrogen-bond acceptors (Lipinski definition) is 6. The molecule has 0 radical (unpaired) electrons. The molecule has 0 spiro atoms. The molecule has 1 fully saturated rings. The van der Waals surface area contributed by atoms with Gasteiger partial charge in [0.1, 0.15) is 6.20 Å². The molecule has 0 amide bonds. The number of aromatic nitrogens is 2. The molecule has 1 saturated heterocycles. The van der Waals surface area contributed by atoms with Crippen molar-refractivity contribution in [2.24, 2.45) is 7.05 Å². The van der Waals surface area contributed by atoms with Gasteiger partial charge in [-0.1, -0.05) is 0 Å². The van der Waals surface area contributed by atoms with Crippen molar-refractivity contribution in [3.63, 3.8) is 0 Å². The zero-order valence-corrected chi connectivity index (χ0v) is 10.4. The number of carbonyl (C=O) groups is 1. The zero-order chi connectivity index (χ0) is 14.0. The van der Waals surface area contributed by atoms with Gasteiger partial charge in [0.25, 0.3) is 0 Å². The van der Waals surface area contributed by atoms with Crippen LogP contribution in [-0.2, 0) is 16.6 Å². The number of morpholine rings is 1. The number of rotatable bonds is 4. The minimum absolute atomic E-state index is 0.125.